The lowest BCUT2D eigenvalue weighted by Crippen LogP contribution is -2.49. The summed E-state index contributed by atoms with van der Waals surface area (Å²) in [5, 5.41) is 13.1. The van der Waals surface area contributed by atoms with Crippen molar-refractivity contribution < 1.29 is 5.11 Å². The highest BCUT2D eigenvalue weighted by Gasteiger charge is 2.30. The molecule has 3 nitrogen and oxygen atoms in total. The summed E-state index contributed by atoms with van der Waals surface area (Å²) in [5.74, 6) is 0. The molecule has 1 heterocycles. The fraction of sp³-hybridized carbons (Fsp3) is 0.800. The van der Waals surface area contributed by atoms with Gasteiger partial charge in [0.05, 0.1) is 5.60 Å². The number of nitrogens with zero attached hydrogens (tertiary/aromatic N) is 1. The van der Waals surface area contributed by atoms with Crippen LogP contribution < -0.4 is 5.32 Å². The second kappa shape index (κ2) is 4.74. The first kappa shape index (κ1) is 10.7. The molecule has 1 fully saturated rings. The molecule has 3 heteroatoms. The summed E-state index contributed by atoms with van der Waals surface area (Å²) in [6.07, 6.45) is 3.64. The van der Waals surface area contributed by atoms with Crippen LogP contribution in [0, 0.1) is 0 Å². The van der Waals surface area contributed by atoms with E-state index in [1.165, 1.54) is 0 Å². The SMILES string of the molecule is C=CCN1CCC(O)(CNC)CC1. The quantitative estimate of drug-likeness (QED) is 0.613. The largest absolute Gasteiger partial charge is 0.388 e. The van der Waals surface area contributed by atoms with Crippen molar-refractivity contribution in [1.29, 1.82) is 0 Å². The maximum absolute atomic E-state index is 10.0. The number of hydrogen-bond acceptors (Lipinski definition) is 3. The molecule has 1 aliphatic heterocycles. The number of likely N-dealkylation sites (tertiary alicyclic amines) is 1. The predicted molar refractivity (Wildman–Crippen MR) is 54.7 cm³/mol. The first-order valence-corrected chi connectivity index (χ1v) is 4.90. The van der Waals surface area contributed by atoms with Crippen molar-refractivity contribution in [3.8, 4) is 0 Å². The second-order valence-corrected chi connectivity index (χ2v) is 3.84. The van der Waals surface area contributed by atoms with Crippen LogP contribution in [-0.2, 0) is 0 Å². The molecular formula is C10H20N2O. The first-order chi connectivity index (χ1) is 6.20. The predicted octanol–water partition coefficient (Wildman–Crippen LogP) is 0.219. The smallest absolute Gasteiger partial charge is 0.0795 e. The number of aliphatic hydroxyl groups is 1. The van der Waals surface area contributed by atoms with E-state index in [0.29, 0.717) is 6.54 Å². The molecule has 0 atom stereocenters. The molecule has 1 rings (SSSR count). The lowest BCUT2D eigenvalue weighted by atomic mass is 9.91. The molecule has 0 aromatic carbocycles. The summed E-state index contributed by atoms with van der Waals surface area (Å²) in [5.41, 5.74) is -0.480. The minimum Gasteiger partial charge on any atom is -0.388 e. The van der Waals surface area contributed by atoms with Crippen LogP contribution >= 0.6 is 0 Å². The van der Waals surface area contributed by atoms with Gasteiger partial charge in [0.1, 0.15) is 0 Å². The van der Waals surface area contributed by atoms with Gasteiger partial charge < -0.3 is 10.4 Å². The number of rotatable bonds is 4. The summed E-state index contributed by atoms with van der Waals surface area (Å²) in [4.78, 5) is 2.32. The summed E-state index contributed by atoms with van der Waals surface area (Å²) in [6, 6.07) is 0. The van der Waals surface area contributed by atoms with Crippen molar-refractivity contribution in [3.05, 3.63) is 12.7 Å². The molecule has 2 N–H and O–H groups in total. The van der Waals surface area contributed by atoms with E-state index in [-0.39, 0.29) is 0 Å². The molecule has 1 aliphatic rings. The van der Waals surface area contributed by atoms with Gasteiger partial charge in [-0.15, -0.1) is 6.58 Å². The Kier molecular flexibility index (Phi) is 3.90. The van der Waals surface area contributed by atoms with Crippen molar-refractivity contribution in [2.45, 2.75) is 18.4 Å². The lowest BCUT2D eigenvalue weighted by Gasteiger charge is -2.37. The average molecular weight is 184 g/mol. The molecule has 1 saturated heterocycles. The van der Waals surface area contributed by atoms with Crippen molar-refractivity contribution in [3.63, 3.8) is 0 Å². The molecule has 0 amide bonds. The third kappa shape index (κ3) is 3.10. The third-order valence-corrected chi connectivity index (χ3v) is 2.68. The van der Waals surface area contributed by atoms with Crippen LogP contribution in [0.3, 0.4) is 0 Å². The van der Waals surface area contributed by atoms with E-state index in [1.807, 2.05) is 13.1 Å². The highest BCUT2D eigenvalue weighted by Crippen LogP contribution is 2.20. The minimum absolute atomic E-state index is 0.480. The maximum atomic E-state index is 10.0. The van der Waals surface area contributed by atoms with Crippen LogP contribution in [0.4, 0.5) is 0 Å². The van der Waals surface area contributed by atoms with Gasteiger partial charge in [0, 0.05) is 26.2 Å². The average Bonchev–Trinajstić information content (AvgIpc) is 2.10. The van der Waals surface area contributed by atoms with Crippen molar-refractivity contribution in [2.24, 2.45) is 0 Å². The van der Waals surface area contributed by atoms with E-state index >= 15 is 0 Å². The van der Waals surface area contributed by atoms with Gasteiger partial charge in [0.2, 0.25) is 0 Å². The highest BCUT2D eigenvalue weighted by atomic mass is 16.3. The zero-order chi connectivity index (χ0) is 9.73. The Bertz CT molecular complexity index is 162. The number of nitrogens with one attached hydrogen (secondary N) is 1. The fourth-order valence-corrected chi connectivity index (χ4v) is 1.84. The number of hydrogen-bond donors (Lipinski definition) is 2. The standard InChI is InChI=1S/C10H20N2O/c1-3-6-12-7-4-10(13,5-8-12)9-11-2/h3,11,13H,1,4-9H2,2H3. The van der Waals surface area contributed by atoms with Gasteiger partial charge in [-0.05, 0) is 19.9 Å². The zero-order valence-corrected chi connectivity index (χ0v) is 8.42. The van der Waals surface area contributed by atoms with Gasteiger partial charge in [-0.1, -0.05) is 6.08 Å². The molecular weight excluding hydrogens is 164 g/mol. The molecule has 0 aromatic rings. The second-order valence-electron chi connectivity index (χ2n) is 3.84. The summed E-state index contributed by atoms with van der Waals surface area (Å²) < 4.78 is 0. The first-order valence-electron chi connectivity index (χ1n) is 4.90. The van der Waals surface area contributed by atoms with Gasteiger partial charge in [-0.25, -0.2) is 0 Å². The van der Waals surface area contributed by atoms with E-state index in [9.17, 15) is 5.11 Å². The Morgan fingerprint density at radius 3 is 2.62 bits per heavy atom. The van der Waals surface area contributed by atoms with Crippen LogP contribution in [0.1, 0.15) is 12.8 Å². The minimum atomic E-state index is -0.480. The topological polar surface area (TPSA) is 35.5 Å². The van der Waals surface area contributed by atoms with Crippen LogP contribution in [-0.4, -0.2) is 48.8 Å². The normalized spacial score (nSPS) is 22.9. The summed E-state index contributed by atoms with van der Waals surface area (Å²) in [6.45, 7) is 7.31. The van der Waals surface area contributed by atoms with Gasteiger partial charge >= 0.3 is 0 Å². The van der Waals surface area contributed by atoms with Gasteiger partial charge in [0.25, 0.3) is 0 Å². The van der Waals surface area contributed by atoms with Crippen molar-refractivity contribution >= 4 is 0 Å². The van der Waals surface area contributed by atoms with Crippen LogP contribution in [0.25, 0.3) is 0 Å². The molecule has 0 radical (unpaired) electrons. The van der Waals surface area contributed by atoms with Gasteiger partial charge in [0.15, 0.2) is 0 Å². The molecule has 0 aliphatic carbocycles. The molecule has 0 saturated carbocycles. The fourth-order valence-electron chi connectivity index (χ4n) is 1.84. The summed E-state index contributed by atoms with van der Waals surface area (Å²) >= 11 is 0. The van der Waals surface area contributed by atoms with Crippen LogP contribution in [0.5, 0.6) is 0 Å². The zero-order valence-electron chi connectivity index (χ0n) is 8.42. The van der Waals surface area contributed by atoms with E-state index < -0.39 is 5.60 Å². The Labute approximate surface area is 80.4 Å². The molecule has 13 heavy (non-hydrogen) atoms. The monoisotopic (exact) mass is 184 g/mol. The van der Waals surface area contributed by atoms with E-state index in [4.69, 9.17) is 0 Å². The van der Waals surface area contributed by atoms with Gasteiger partial charge in [-0.3, -0.25) is 4.90 Å². The highest BCUT2D eigenvalue weighted by molar-refractivity contribution is 4.88. The summed E-state index contributed by atoms with van der Waals surface area (Å²) in [7, 11) is 1.88. The van der Waals surface area contributed by atoms with Crippen molar-refractivity contribution in [1.82, 2.24) is 10.2 Å². The Morgan fingerprint density at radius 1 is 1.54 bits per heavy atom. The Hall–Kier alpha value is -0.380. The van der Waals surface area contributed by atoms with Gasteiger partial charge in [-0.2, -0.15) is 0 Å². The molecule has 0 bridgehead atoms. The van der Waals surface area contributed by atoms with E-state index in [2.05, 4.69) is 16.8 Å². The van der Waals surface area contributed by atoms with E-state index in [1.54, 1.807) is 0 Å². The number of piperidine rings is 1. The molecule has 76 valence electrons. The molecule has 0 aromatic heterocycles. The lowest BCUT2D eigenvalue weighted by molar-refractivity contribution is -0.0160. The third-order valence-electron chi connectivity index (χ3n) is 2.68. The molecule has 0 spiro atoms. The number of likely N-dealkylation sites (N-methyl/N-ethyl adjacent to an activating group) is 1. The Morgan fingerprint density at radius 2 is 2.15 bits per heavy atom. The van der Waals surface area contributed by atoms with Crippen molar-refractivity contribution in [2.75, 3.05) is 33.2 Å². The van der Waals surface area contributed by atoms with E-state index in [0.717, 1.165) is 32.5 Å². The van der Waals surface area contributed by atoms with Crippen LogP contribution in [0.15, 0.2) is 12.7 Å². The Balaban J connectivity index is 2.32. The van der Waals surface area contributed by atoms with Crippen LogP contribution in [0.2, 0.25) is 0 Å². The molecule has 0 unspecified atom stereocenters. The maximum Gasteiger partial charge on any atom is 0.0795 e.